The van der Waals surface area contributed by atoms with Gasteiger partial charge in [-0.15, -0.1) is 11.3 Å². The summed E-state index contributed by atoms with van der Waals surface area (Å²) in [5, 5.41) is 24.7. The molecule has 0 bridgehead atoms. The zero-order valence-electron chi connectivity index (χ0n) is 9.44. The Morgan fingerprint density at radius 3 is 2.75 bits per heavy atom. The number of thiazole rings is 1. The smallest absolute Gasteiger partial charge is 0.0959 e. The molecule has 1 aromatic heterocycles. The van der Waals surface area contributed by atoms with Crippen molar-refractivity contribution in [2.45, 2.75) is 37.8 Å². The molecule has 0 aromatic carbocycles. The van der Waals surface area contributed by atoms with Gasteiger partial charge < -0.3 is 15.5 Å². The van der Waals surface area contributed by atoms with Crippen LogP contribution < -0.4 is 5.32 Å². The first-order valence-electron chi connectivity index (χ1n) is 5.58. The Morgan fingerprint density at radius 2 is 2.19 bits per heavy atom. The Bertz CT molecular complexity index is 346. The van der Waals surface area contributed by atoms with E-state index in [1.807, 2.05) is 0 Å². The Hall–Kier alpha value is -0.490. The van der Waals surface area contributed by atoms with Gasteiger partial charge in [0.05, 0.1) is 29.5 Å². The van der Waals surface area contributed by atoms with Crippen LogP contribution in [-0.4, -0.2) is 33.9 Å². The van der Waals surface area contributed by atoms with E-state index in [4.69, 9.17) is 10.2 Å². The predicted molar refractivity (Wildman–Crippen MR) is 63.5 cm³/mol. The highest BCUT2D eigenvalue weighted by molar-refractivity contribution is 7.09. The molecule has 1 heterocycles. The topological polar surface area (TPSA) is 65.4 Å². The molecule has 1 fully saturated rings. The fourth-order valence-electron chi connectivity index (χ4n) is 1.39. The van der Waals surface area contributed by atoms with Crippen molar-refractivity contribution in [3.05, 3.63) is 16.1 Å². The summed E-state index contributed by atoms with van der Waals surface area (Å²) in [4.78, 5) is 4.54. The third kappa shape index (κ3) is 2.79. The van der Waals surface area contributed by atoms with Crippen molar-refractivity contribution in [2.75, 3.05) is 13.2 Å². The van der Waals surface area contributed by atoms with Gasteiger partial charge in [0.25, 0.3) is 0 Å². The lowest BCUT2D eigenvalue weighted by Gasteiger charge is -2.25. The van der Waals surface area contributed by atoms with E-state index in [1.54, 1.807) is 18.3 Å². The van der Waals surface area contributed by atoms with E-state index >= 15 is 0 Å². The maximum atomic E-state index is 9.13. The molecule has 3 N–H and O–H groups in total. The lowest BCUT2D eigenvalue weighted by atomic mass is 10.1. The average molecular weight is 242 g/mol. The second-order valence-corrected chi connectivity index (χ2v) is 5.57. The minimum atomic E-state index is -0.622. The highest BCUT2D eigenvalue weighted by Gasteiger charge is 2.27. The molecule has 1 aromatic rings. The summed E-state index contributed by atoms with van der Waals surface area (Å²) < 4.78 is 0. The normalized spacial score (nSPS) is 16.7. The molecule has 0 amide bonds. The first kappa shape index (κ1) is 12.0. The summed E-state index contributed by atoms with van der Waals surface area (Å²) in [6, 6.07) is 0. The van der Waals surface area contributed by atoms with Crippen LogP contribution in [0, 0.1) is 0 Å². The van der Waals surface area contributed by atoms with Crippen LogP contribution in [-0.2, 0) is 6.54 Å². The predicted octanol–water partition coefficient (Wildman–Crippen LogP) is 0.853. The first-order chi connectivity index (χ1) is 7.67. The quantitative estimate of drug-likeness (QED) is 0.692. The van der Waals surface area contributed by atoms with E-state index in [1.165, 1.54) is 17.8 Å². The third-order valence-electron chi connectivity index (χ3n) is 2.89. The minimum absolute atomic E-state index is 0.0802. The Morgan fingerprint density at radius 1 is 1.50 bits per heavy atom. The number of rotatable bonds is 6. The van der Waals surface area contributed by atoms with Crippen molar-refractivity contribution >= 4 is 11.3 Å². The molecule has 16 heavy (non-hydrogen) atoms. The Kier molecular flexibility index (Phi) is 3.59. The molecule has 0 aliphatic heterocycles. The lowest BCUT2D eigenvalue weighted by molar-refractivity contribution is 0.103. The summed E-state index contributed by atoms with van der Waals surface area (Å²) >= 11 is 1.71. The van der Waals surface area contributed by atoms with Crippen LogP contribution in [0.4, 0.5) is 0 Å². The average Bonchev–Trinajstić information content (AvgIpc) is 3.06. The molecule has 0 unspecified atom stereocenters. The van der Waals surface area contributed by atoms with Crippen molar-refractivity contribution in [1.82, 2.24) is 10.3 Å². The second-order valence-electron chi connectivity index (χ2n) is 4.68. The van der Waals surface area contributed by atoms with Crippen molar-refractivity contribution in [1.29, 1.82) is 0 Å². The summed E-state index contributed by atoms with van der Waals surface area (Å²) in [5.41, 5.74) is 0.378. The van der Waals surface area contributed by atoms with Crippen LogP contribution >= 0.6 is 11.3 Å². The van der Waals surface area contributed by atoms with E-state index in [0.717, 1.165) is 5.69 Å². The SMILES string of the molecule is CC(CO)(CO)NCc1csc(C2CC2)n1. The van der Waals surface area contributed by atoms with Crippen LogP contribution in [0.5, 0.6) is 0 Å². The van der Waals surface area contributed by atoms with Crippen LogP contribution in [0.3, 0.4) is 0 Å². The maximum Gasteiger partial charge on any atom is 0.0959 e. The standard InChI is InChI=1S/C11H18N2O2S/c1-11(6-14,7-15)12-4-9-5-16-10(13-9)8-2-3-8/h5,8,12,14-15H,2-4,6-7H2,1H3. The molecule has 2 rings (SSSR count). The molecule has 1 saturated carbocycles. The number of nitrogens with zero attached hydrogens (tertiary/aromatic N) is 1. The summed E-state index contributed by atoms with van der Waals surface area (Å²) in [7, 11) is 0. The largest absolute Gasteiger partial charge is 0.394 e. The van der Waals surface area contributed by atoms with E-state index < -0.39 is 5.54 Å². The van der Waals surface area contributed by atoms with Gasteiger partial charge in [-0.05, 0) is 19.8 Å². The van der Waals surface area contributed by atoms with E-state index in [9.17, 15) is 0 Å². The first-order valence-corrected chi connectivity index (χ1v) is 6.46. The molecular weight excluding hydrogens is 224 g/mol. The van der Waals surface area contributed by atoms with Gasteiger partial charge in [0.1, 0.15) is 0 Å². The lowest BCUT2D eigenvalue weighted by Crippen LogP contribution is -2.48. The van der Waals surface area contributed by atoms with Crippen LogP contribution in [0.15, 0.2) is 5.38 Å². The van der Waals surface area contributed by atoms with Gasteiger partial charge in [-0.25, -0.2) is 4.98 Å². The van der Waals surface area contributed by atoms with Crippen LogP contribution in [0.1, 0.15) is 36.4 Å². The molecular formula is C11H18N2O2S. The minimum Gasteiger partial charge on any atom is -0.394 e. The second kappa shape index (κ2) is 4.79. The molecule has 0 radical (unpaired) electrons. The zero-order valence-corrected chi connectivity index (χ0v) is 10.3. The Balaban J connectivity index is 1.88. The summed E-state index contributed by atoms with van der Waals surface area (Å²) in [6.45, 7) is 2.23. The fourth-order valence-corrected chi connectivity index (χ4v) is 2.38. The number of aliphatic hydroxyl groups is 2. The molecule has 5 heteroatoms. The molecule has 1 aliphatic rings. The van der Waals surface area contributed by atoms with Gasteiger partial charge in [0, 0.05) is 17.8 Å². The number of hydrogen-bond acceptors (Lipinski definition) is 5. The number of aliphatic hydroxyl groups excluding tert-OH is 2. The summed E-state index contributed by atoms with van der Waals surface area (Å²) in [5.74, 6) is 0.695. The third-order valence-corrected chi connectivity index (χ3v) is 3.95. The van der Waals surface area contributed by atoms with Crippen LogP contribution in [0.2, 0.25) is 0 Å². The fraction of sp³-hybridized carbons (Fsp3) is 0.727. The summed E-state index contributed by atoms with van der Waals surface area (Å²) in [6.07, 6.45) is 2.54. The van der Waals surface area contributed by atoms with E-state index in [0.29, 0.717) is 12.5 Å². The number of nitrogens with one attached hydrogen (secondary N) is 1. The molecule has 0 saturated heterocycles. The Labute approximate surface area is 99.3 Å². The maximum absolute atomic E-state index is 9.13. The van der Waals surface area contributed by atoms with Gasteiger partial charge in [0.15, 0.2) is 0 Å². The van der Waals surface area contributed by atoms with E-state index in [-0.39, 0.29) is 13.2 Å². The number of aromatic nitrogens is 1. The number of hydrogen-bond donors (Lipinski definition) is 3. The van der Waals surface area contributed by atoms with Gasteiger partial charge in [-0.3, -0.25) is 0 Å². The van der Waals surface area contributed by atoms with Gasteiger partial charge in [0.2, 0.25) is 0 Å². The van der Waals surface area contributed by atoms with Gasteiger partial charge in [-0.2, -0.15) is 0 Å². The van der Waals surface area contributed by atoms with Crippen molar-refractivity contribution < 1.29 is 10.2 Å². The molecule has 90 valence electrons. The van der Waals surface area contributed by atoms with Crippen molar-refractivity contribution in [2.24, 2.45) is 0 Å². The van der Waals surface area contributed by atoms with Crippen LogP contribution in [0.25, 0.3) is 0 Å². The molecule has 0 spiro atoms. The van der Waals surface area contributed by atoms with Gasteiger partial charge >= 0.3 is 0 Å². The van der Waals surface area contributed by atoms with Crippen molar-refractivity contribution in [3.63, 3.8) is 0 Å². The van der Waals surface area contributed by atoms with Gasteiger partial charge in [-0.1, -0.05) is 0 Å². The highest BCUT2D eigenvalue weighted by atomic mass is 32.1. The molecule has 0 atom stereocenters. The highest BCUT2D eigenvalue weighted by Crippen LogP contribution is 2.41. The van der Waals surface area contributed by atoms with Crippen molar-refractivity contribution in [3.8, 4) is 0 Å². The van der Waals surface area contributed by atoms with E-state index in [2.05, 4.69) is 15.7 Å². The zero-order chi connectivity index (χ0) is 11.6. The molecule has 1 aliphatic carbocycles. The monoisotopic (exact) mass is 242 g/mol. The molecule has 4 nitrogen and oxygen atoms in total.